The van der Waals surface area contributed by atoms with Crippen molar-refractivity contribution in [3.05, 3.63) is 35.3 Å². The van der Waals surface area contributed by atoms with Crippen molar-refractivity contribution in [2.45, 2.75) is 0 Å². The van der Waals surface area contributed by atoms with Gasteiger partial charge < -0.3 is 0 Å². The van der Waals surface area contributed by atoms with Crippen molar-refractivity contribution in [2.75, 3.05) is 5.43 Å². The van der Waals surface area contributed by atoms with Gasteiger partial charge in [-0.25, -0.2) is 15.2 Å². The molecule has 0 aliphatic heterocycles. The fourth-order valence-electron chi connectivity index (χ4n) is 1.42. The van der Waals surface area contributed by atoms with Crippen molar-refractivity contribution in [1.29, 1.82) is 0 Å². The van der Waals surface area contributed by atoms with Crippen LogP contribution in [0.25, 0.3) is 11.9 Å². The maximum atomic E-state index is 5.35. The molecule has 0 saturated carbocycles. The summed E-state index contributed by atoms with van der Waals surface area (Å²) in [6.07, 6.45) is 6.71. The lowest BCUT2D eigenvalue weighted by atomic mass is 10.7. The number of hydrazine groups is 1. The maximum absolute atomic E-state index is 5.35. The van der Waals surface area contributed by atoms with Gasteiger partial charge in [0.05, 0.1) is 10.7 Å². The molecular weight excluding hydrogens is 314 g/mol. The molecule has 0 saturated heterocycles. The second-order valence-corrected chi connectivity index (χ2v) is 4.37. The van der Waals surface area contributed by atoms with E-state index in [0.29, 0.717) is 11.9 Å². The number of nitrogen functional groups attached to an aromatic ring is 1. The molecule has 0 spiro atoms. The predicted molar refractivity (Wildman–Crippen MR) is 69.6 cm³/mol. The van der Waals surface area contributed by atoms with Crippen LogP contribution in [-0.4, -0.2) is 34.5 Å². The SMILES string of the molecule is NNc1nc(-n2cccn2)nc(-n2cc(Br)cn2)n1. The topological polar surface area (TPSA) is 112 Å². The van der Waals surface area contributed by atoms with Crippen LogP contribution in [0.2, 0.25) is 0 Å². The fraction of sp³-hybridized carbons (Fsp3) is 0. The minimum absolute atomic E-state index is 0.224. The van der Waals surface area contributed by atoms with Crippen LogP contribution in [0.15, 0.2) is 35.3 Å². The standard InChI is InChI=1S/C9H8BrN9/c10-6-4-13-19(5-6)9-15-7(17-11)14-8(16-9)18-3-1-2-12-18/h1-5H,11H2,(H,14,15,16,17). The van der Waals surface area contributed by atoms with E-state index in [-0.39, 0.29) is 5.95 Å². The summed E-state index contributed by atoms with van der Waals surface area (Å²) >= 11 is 3.31. The summed E-state index contributed by atoms with van der Waals surface area (Å²) in [5.41, 5.74) is 2.39. The summed E-state index contributed by atoms with van der Waals surface area (Å²) in [6.45, 7) is 0. The van der Waals surface area contributed by atoms with E-state index in [1.165, 1.54) is 9.36 Å². The Morgan fingerprint density at radius 2 is 1.89 bits per heavy atom. The lowest BCUT2D eigenvalue weighted by Gasteiger charge is -2.05. The third-order valence-electron chi connectivity index (χ3n) is 2.21. The zero-order valence-electron chi connectivity index (χ0n) is 9.47. The molecule has 0 bridgehead atoms. The zero-order valence-corrected chi connectivity index (χ0v) is 11.1. The quantitative estimate of drug-likeness (QED) is 0.526. The highest BCUT2D eigenvalue weighted by Gasteiger charge is 2.10. The molecule has 10 heteroatoms. The molecule has 0 atom stereocenters. The normalized spacial score (nSPS) is 10.6. The van der Waals surface area contributed by atoms with Crippen LogP contribution in [0.1, 0.15) is 0 Å². The Balaban J connectivity index is 2.12. The molecule has 0 unspecified atom stereocenters. The van der Waals surface area contributed by atoms with E-state index in [2.05, 4.69) is 46.5 Å². The minimum atomic E-state index is 0.224. The highest BCUT2D eigenvalue weighted by atomic mass is 79.9. The first-order valence-corrected chi connectivity index (χ1v) is 5.99. The molecular formula is C9H8BrN9. The number of aromatic nitrogens is 7. The van der Waals surface area contributed by atoms with Gasteiger partial charge in [0.2, 0.25) is 5.95 Å². The van der Waals surface area contributed by atoms with Gasteiger partial charge in [-0.2, -0.15) is 25.1 Å². The molecule has 0 aliphatic carbocycles. The van der Waals surface area contributed by atoms with Gasteiger partial charge in [0.25, 0.3) is 11.9 Å². The Bertz CT molecular complexity index is 690. The molecule has 3 N–H and O–H groups in total. The Morgan fingerprint density at radius 1 is 1.11 bits per heavy atom. The number of halogens is 1. The van der Waals surface area contributed by atoms with Crippen molar-refractivity contribution >= 4 is 21.9 Å². The molecule has 0 radical (unpaired) electrons. The molecule has 3 rings (SSSR count). The molecule has 0 aromatic carbocycles. The molecule has 3 heterocycles. The smallest absolute Gasteiger partial charge is 0.257 e. The summed E-state index contributed by atoms with van der Waals surface area (Å²) in [5.74, 6) is 6.25. The predicted octanol–water partition coefficient (Wildman–Crippen LogP) is 0.291. The summed E-state index contributed by atoms with van der Waals surface area (Å²) in [5, 5.41) is 8.16. The van der Waals surface area contributed by atoms with Crippen molar-refractivity contribution in [1.82, 2.24) is 34.5 Å². The van der Waals surface area contributed by atoms with Gasteiger partial charge in [0.15, 0.2) is 0 Å². The van der Waals surface area contributed by atoms with E-state index >= 15 is 0 Å². The molecule has 0 fully saturated rings. The number of hydrogen-bond acceptors (Lipinski definition) is 7. The van der Waals surface area contributed by atoms with E-state index in [0.717, 1.165) is 4.47 Å². The largest absolute Gasteiger partial charge is 0.292 e. The van der Waals surface area contributed by atoms with Gasteiger partial charge in [0.1, 0.15) is 0 Å². The van der Waals surface area contributed by atoms with Crippen LogP contribution in [0.3, 0.4) is 0 Å². The molecule has 3 aromatic heterocycles. The molecule has 0 aliphatic rings. The van der Waals surface area contributed by atoms with Gasteiger partial charge in [-0.05, 0) is 22.0 Å². The lowest BCUT2D eigenvalue weighted by molar-refractivity contribution is 0.745. The van der Waals surface area contributed by atoms with Crippen LogP contribution in [0.4, 0.5) is 5.95 Å². The van der Waals surface area contributed by atoms with Crippen molar-refractivity contribution < 1.29 is 0 Å². The molecule has 3 aromatic rings. The Labute approximate surface area is 115 Å². The van der Waals surface area contributed by atoms with E-state index < -0.39 is 0 Å². The third kappa shape index (κ3) is 2.30. The summed E-state index contributed by atoms with van der Waals surface area (Å²) in [7, 11) is 0. The van der Waals surface area contributed by atoms with Gasteiger partial charge in [-0.3, -0.25) is 5.43 Å². The minimum Gasteiger partial charge on any atom is -0.292 e. The molecule has 9 nitrogen and oxygen atoms in total. The number of nitrogens with one attached hydrogen (secondary N) is 1. The molecule has 19 heavy (non-hydrogen) atoms. The summed E-state index contributed by atoms with van der Waals surface area (Å²) in [6, 6.07) is 1.77. The van der Waals surface area contributed by atoms with Gasteiger partial charge in [-0.1, -0.05) is 0 Å². The fourth-order valence-corrected chi connectivity index (χ4v) is 1.71. The number of nitrogens with two attached hydrogens (primary N) is 1. The van der Waals surface area contributed by atoms with Crippen LogP contribution >= 0.6 is 15.9 Å². The van der Waals surface area contributed by atoms with Crippen LogP contribution in [0, 0.1) is 0 Å². The lowest BCUT2D eigenvalue weighted by Crippen LogP contribution is -2.16. The van der Waals surface area contributed by atoms with Crippen LogP contribution in [-0.2, 0) is 0 Å². The van der Waals surface area contributed by atoms with Crippen molar-refractivity contribution in [3.8, 4) is 11.9 Å². The molecule has 96 valence electrons. The average Bonchev–Trinajstić information content (AvgIpc) is 3.09. The first-order chi connectivity index (χ1) is 9.26. The summed E-state index contributed by atoms with van der Waals surface area (Å²) < 4.78 is 3.82. The van der Waals surface area contributed by atoms with Gasteiger partial charge in [0, 0.05) is 18.6 Å². The molecule has 0 amide bonds. The Hall–Kier alpha value is -2.33. The Morgan fingerprint density at radius 3 is 2.47 bits per heavy atom. The van der Waals surface area contributed by atoms with Crippen LogP contribution in [0.5, 0.6) is 0 Å². The monoisotopic (exact) mass is 321 g/mol. The third-order valence-corrected chi connectivity index (χ3v) is 2.62. The van der Waals surface area contributed by atoms with Crippen molar-refractivity contribution in [2.24, 2.45) is 5.84 Å². The maximum Gasteiger partial charge on any atom is 0.257 e. The number of hydrogen-bond donors (Lipinski definition) is 2. The number of rotatable bonds is 3. The van der Waals surface area contributed by atoms with Gasteiger partial charge >= 0.3 is 0 Å². The summed E-state index contributed by atoms with van der Waals surface area (Å²) in [4.78, 5) is 12.5. The average molecular weight is 322 g/mol. The Kier molecular flexibility index (Phi) is 2.93. The highest BCUT2D eigenvalue weighted by Crippen LogP contribution is 2.11. The second-order valence-electron chi connectivity index (χ2n) is 3.46. The zero-order chi connectivity index (χ0) is 13.2. The number of anilines is 1. The highest BCUT2D eigenvalue weighted by molar-refractivity contribution is 9.10. The van der Waals surface area contributed by atoms with Gasteiger partial charge in [-0.15, -0.1) is 0 Å². The number of nitrogens with zero attached hydrogens (tertiary/aromatic N) is 7. The van der Waals surface area contributed by atoms with E-state index in [1.54, 1.807) is 30.9 Å². The van der Waals surface area contributed by atoms with Crippen LogP contribution < -0.4 is 11.3 Å². The van der Waals surface area contributed by atoms with Crippen molar-refractivity contribution in [3.63, 3.8) is 0 Å². The first-order valence-electron chi connectivity index (χ1n) is 5.19. The second kappa shape index (κ2) is 4.74. The van der Waals surface area contributed by atoms with E-state index in [9.17, 15) is 0 Å². The van der Waals surface area contributed by atoms with E-state index in [1.807, 2.05) is 0 Å². The first kappa shape index (κ1) is 11.7. The van der Waals surface area contributed by atoms with E-state index in [4.69, 9.17) is 5.84 Å².